The Bertz CT molecular complexity index is 684. The van der Waals surface area contributed by atoms with E-state index in [-0.39, 0.29) is 0 Å². The largest absolute Gasteiger partial charge is 0.315 e. The Morgan fingerprint density at radius 3 is 2.65 bits per heavy atom. The summed E-state index contributed by atoms with van der Waals surface area (Å²) in [6, 6.07) is 17.2. The van der Waals surface area contributed by atoms with Crippen molar-refractivity contribution in [2.75, 3.05) is 24.8 Å². The van der Waals surface area contributed by atoms with Crippen LogP contribution in [0, 0.1) is 13.8 Å². The molecule has 0 amide bonds. The molecule has 1 fully saturated rings. The number of aryl methyl sites for hydroxylation is 2. The summed E-state index contributed by atoms with van der Waals surface area (Å²) in [5, 5.41) is 4.21. The molecule has 1 atom stereocenters. The number of nitrogens with one attached hydrogen (secondary N) is 2. The van der Waals surface area contributed by atoms with E-state index in [0.29, 0.717) is 0 Å². The van der Waals surface area contributed by atoms with Crippen molar-refractivity contribution in [3.8, 4) is 0 Å². The molecule has 2 aromatic rings. The molecule has 0 bridgehead atoms. The highest BCUT2D eigenvalue weighted by Crippen LogP contribution is 2.21. The first kappa shape index (κ1) is 16.0. The summed E-state index contributed by atoms with van der Waals surface area (Å²) in [6.45, 7) is 7.20. The van der Waals surface area contributed by atoms with Gasteiger partial charge in [-0.15, -0.1) is 0 Å². The van der Waals surface area contributed by atoms with Gasteiger partial charge in [0.1, 0.15) is 0 Å². The molecule has 0 aliphatic carbocycles. The molecule has 1 saturated heterocycles. The van der Waals surface area contributed by atoms with Gasteiger partial charge in [0.2, 0.25) is 0 Å². The molecule has 0 radical (unpaired) electrons. The van der Waals surface area contributed by atoms with Crippen LogP contribution in [0.1, 0.15) is 16.7 Å². The Kier molecular flexibility index (Phi) is 4.94. The van der Waals surface area contributed by atoms with Gasteiger partial charge < -0.3 is 10.2 Å². The number of nitrogens with zero attached hydrogens (tertiary/aromatic N) is 1. The van der Waals surface area contributed by atoms with Crippen molar-refractivity contribution in [1.82, 2.24) is 5.32 Å². The zero-order valence-electron chi connectivity index (χ0n) is 13.8. The highest BCUT2D eigenvalue weighted by molar-refractivity contribution is 7.80. The van der Waals surface area contributed by atoms with Crippen LogP contribution in [0.4, 0.5) is 5.69 Å². The Labute approximate surface area is 143 Å². The summed E-state index contributed by atoms with van der Waals surface area (Å²) in [7, 11) is 0. The number of anilines is 1. The second-order valence-corrected chi connectivity index (χ2v) is 6.66. The standard InChI is InChI=1S/C19H23N3S/c1-15-8-9-18(16(2)12-15)22-14-21(13-20-19(22)23)11-10-17-6-4-3-5-7-17/h3-9,12H,10-11,13-14H2,1-2H3,(H,20,23)/p+1. The third-order valence-corrected chi connectivity index (χ3v) is 4.73. The first-order valence-corrected chi connectivity index (χ1v) is 8.54. The van der Waals surface area contributed by atoms with Crippen LogP contribution >= 0.6 is 12.2 Å². The lowest BCUT2D eigenvalue weighted by molar-refractivity contribution is -0.902. The smallest absolute Gasteiger partial charge is 0.182 e. The van der Waals surface area contributed by atoms with E-state index in [1.165, 1.54) is 27.3 Å². The highest BCUT2D eigenvalue weighted by atomic mass is 32.1. The lowest BCUT2D eigenvalue weighted by Gasteiger charge is -2.36. The van der Waals surface area contributed by atoms with Crippen molar-refractivity contribution in [2.24, 2.45) is 0 Å². The summed E-state index contributed by atoms with van der Waals surface area (Å²) in [6.07, 6.45) is 1.09. The normalized spacial score (nSPS) is 17.9. The van der Waals surface area contributed by atoms with Crippen LogP contribution in [-0.2, 0) is 6.42 Å². The van der Waals surface area contributed by atoms with Gasteiger partial charge in [0, 0.05) is 6.42 Å². The molecule has 1 heterocycles. The van der Waals surface area contributed by atoms with E-state index >= 15 is 0 Å². The maximum atomic E-state index is 5.53. The minimum atomic E-state index is 0.834. The molecule has 2 aromatic carbocycles. The number of hydrogen-bond acceptors (Lipinski definition) is 1. The van der Waals surface area contributed by atoms with Gasteiger partial charge in [0.25, 0.3) is 0 Å². The Morgan fingerprint density at radius 2 is 1.91 bits per heavy atom. The molecular formula is C19H24N3S+. The fourth-order valence-electron chi connectivity index (χ4n) is 3.08. The minimum absolute atomic E-state index is 0.834. The molecule has 120 valence electrons. The van der Waals surface area contributed by atoms with Crippen LogP contribution in [-0.4, -0.2) is 25.0 Å². The van der Waals surface area contributed by atoms with E-state index in [9.17, 15) is 0 Å². The SMILES string of the molecule is Cc1ccc(N2C[NH+](CCc3ccccc3)CNC2=S)c(C)c1. The number of benzene rings is 2. The maximum absolute atomic E-state index is 5.53. The summed E-state index contributed by atoms with van der Waals surface area (Å²) < 4.78 is 0. The van der Waals surface area contributed by atoms with Gasteiger partial charge in [-0.3, -0.25) is 4.90 Å². The summed E-state index contributed by atoms with van der Waals surface area (Å²) >= 11 is 5.53. The van der Waals surface area contributed by atoms with Crippen molar-refractivity contribution in [3.05, 3.63) is 65.2 Å². The second kappa shape index (κ2) is 7.11. The summed E-state index contributed by atoms with van der Waals surface area (Å²) in [5.41, 5.74) is 5.17. The van der Waals surface area contributed by atoms with Gasteiger partial charge in [-0.2, -0.15) is 0 Å². The predicted molar refractivity (Wildman–Crippen MR) is 99.8 cm³/mol. The first-order valence-electron chi connectivity index (χ1n) is 8.13. The van der Waals surface area contributed by atoms with E-state index in [2.05, 4.69) is 72.6 Å². The lowest BCUT2D eigenvalue weighted by Crippen LogP contribution is -3.17. The topological polar surface area (TPSA) is 19.7 Å². The molecule has 0 spiro atoms. The molecule has 3 nitrogen and oxygen atoms in total. The van der Waals surface area contributed by atoms with Crippen molar-refractivity contribution in [2.45, 2.75) is 20.3 Å². The molecule has 0 saturated carbocycles. The van der Waals surface area contributed by atoms with Gasteiger partial charge >= 0.3 is 0 Å². The molecule has 0 aromatic heterocycles. The molecule has 1 aliphatic rings. The minimum Gasteiger partial charge on any atom is -0.315 e. The second-order valence-electron chi connectivity index (χ2n) is 6.27. The van der Waals surface area contributed by atoms with Crippen LogP contribution < -0.4 is 15.1 Å². The number of thiocarbonyl (C=S) groups is 1. The van der Waals surface area contributed by atoms with E-state index < -0.39 is 0 Å². The monoisotopic (exact) mass is 326 g/mol. The fraction of sp³-hybridized carbons (Fsp3) is 0.316. The van der Waals surface area contributed by atoms with E-state index in [0.717, 1.165) is 31.4 Å². The van der Waals surface area contributed by atoms with Crippen molar-refractivity contribution in [1.29, 1.82) is 0 Å². The van der Waals surface area contributed by atoms with Crippen LogP contribution in [0.3, 0.4) is 0 Å². The third-order valence-electron chi connectivity index (χ3n) is 4.37. The lowest BCUT2D eigenvalue weighted by atomic mass is 10.1. The van der Waals surface area contributed by atoms with Gasteiger partial charge in [-0.1, -0.05) is 48.0 Å². The van der Waals surface area contributed by atoms with Crippen molar-refractivity contribution >= 4 is 23.0 Å². The molecular weight excluding hydrogens is 302 g/mol. The van der Waals surface area contributed by atoms with Gasteiger partial charge in [0.05, 0.1) is 12.2 Å². The summed E-state index contributed by atoms with van der Waals surface area (Å²) in [5.74, 6) is 0. The van der Waals surface area contributed by atoms with Crippen LogP contribution in [0.15, 0.2) is 48.5 Å². The van der Waals surface area contributed by atoms with Crippen molar-refractivity contribution < 1.29 is 4.90 Å². The van der Waals surface area contributed by atoms with Gasteiger partial charge in [-0.05, 0) is 43.3 Å². The van der Waals surface area contributed by atoms with Crippen LogP contribution in [0.25, 0.3) is 0 Å². The van der Waals surface area contributed by atoms with Crippen molar-refractivity contribution in [3.63, 3.8) is 0 Å². The summed E-state index contributed by atoms with van der Waals surface area (Å²) in [4.78, 5) is 3.73. The maximum Gasteiger partial charge on any atom is 0.182 e. The van der Waals surface area contributed by atoms with Gasteiger partial charge in [0.15, 0.2) is 18.4 Å². The Morgan fingerprint density at radius 1 is 1.13 bits per heavy atom. The van der Waals surface area contributed by atoms with E-state index in [1.54, 1.807) is 0 Å². The average molecular weight is 326 g/mol. The molecule has 2 N–H and O–H groups in total. The third kappa shape index (κ3) is 3.89. The first-order chi connectivity index (χ1) is 11.1. The zero-order valence-corrected chi connectivity index (χ0v) is 14.6. The number of quaternary nitrogens is 1. The molecule has 1 unspecified atom stereocenters. The molecule has 3 rings (SSSR count). The Balaban J connectivity index is 1.68. The average Bonchev–Trinajstić information content (AvgIpc) is 2.55. The fourth-order valence-corrected chi connectivity index (χ4v) is 3.32. The molecule has 4 heteroatoms. The number of rotatable bonds is 4. The van der Waals surface area contributed by atoms with Gasteiger partial charge in [-0.25, -0.2) is 0 Å². The van der Waals surface area contributed by atoms with E-state index in [4.69, 9.17) is 12.2 Å². The number of hydrogen-bond donors (Lipinski definition) is 2. The van der Waals surface area contributed by atoms with Crippen LogP contribution in [0.2, 0.25) is 0 Å². The highest BCUT2D eigenvalue weighted by Gasteiger charge is 2.25. The predicted octanol–water partition coefficient (Wildman–Crippen LogP) is 2.04. The molecule has 1 aliphatic heterocycles. The molecule has 23 heavy (non-hydrogen) atoms. The zero-order chi connectivity index (χ0) is 16.2. The van der Waals surface area contributed by atoms with Crippen LogP contribution in [0.5, 0.6) is 0 Å². The Hall–Kier alpha value is -1.91. The quantitative estimate of drug-likeness (QED) is 0.839. The van der Waals surface area contributed by atoms with E-state index in [1.807, 2.05) is 0 Å².